The predicted molar refractivity (Wildman–Crippen MR) is 104 cm³/mol. The van der Waals surface area contributed by atoms with E-state index in [0.717, 1.165) is 33.5 Å². The molecule has 8 nitrogen and oxygen atoms in total. The van der Waals surface area contributed by atoms with Crippen LogP contribution >= 0.6 is 0 Å². The van der Waals surface area contributed by atoms with Crippen molar-refractivity contribution in [3.63, 3.8) is 0 Å². The first kappa shape index (κ1) is 16.9. The minimum atomic E-state index is -0.598. The molecule has 0 aliphatic rings. The van der Waals surface area contributed by atoms with Crippen LogP contribution in [0.15, 0.2) is 24.5 Å². The van der Waals surface area contributed by atoms with Crippen LogP contribution in [-0.4, -0.2) is 32.3 Å². The highest BCUT2D eigenvalue weighted by Crippen LogP contribution is 2.38. The summed E-state index contributed by atoms with van der Waals surface area (Å²) in [5.74, 6) is 0.406. The third-order valence-corrected chi connectivity index (χ3v) is 5.00. The molecule has 0 saturated heterocycles. The fourth-order valence-electron chi connectivity index (χ4n) is 3.75. The maximum absolute atomic E-state index is 12.2. The van der Waals surface area contributed by atoms with Gasteiger partial charge in [-0.05, 0) is 25.5 Å². The molecule has 0 fully saturated rings. The summed E-state index contributed by atoms with van der Waals surface area (Å²) in [6.07, 6.45) is 3.34. The van der Waals surface area contributed by atoms with Crippen molar-refractivity contribution in [3.05, 3.63) is 41.2 Å². The molecule has 0 spiro atoms. The molecular weight excluding hydrogens is 344 g/mol. The van der Waals surface area contributed by atoms with Gasteiger partial charge >= 0.3 is 0 Å². The van der Waals surface area contributed by atoms with Crippen molar-refractivity contribution in [2.75, 3.05) is 12.8 Å². The molecule has 3 heterocycles. The summed E-state index contributed by atoms with van der Waals surface area (Å²) in [4.78, 5) is 16.6. The summed E-state index contributed by atoms with van der Waals surface area (Å²) in [6, 6.07) is 3.87. The normalized spacial score (nSPS) is 11.4. The summed E-state index contributed by atoms with van der Waals surface area (Å²) in [6.45, 7) is 3.94. The van der Waals surface area contributed by atoms with E-state index >= 15 is 0 Å². The molecule has 3 aromatic heterocycles. The van der Waals surface area contributed by atoms with E-state index in [1.807, 2.05) is 37.6 Å². The number of benzene rings is 1. The van der Waals surface area contributed by atoms with E-state index in [0.29, 0.717) is 11.0 Å². The van der Waals surface area contributed by atoms with Crippen LogP contribution in [0.3, 0.4) is 0 Å². The number of pyridine rings is 1. The summed E-state index contributed by atoms with van der Waals surface area (Å²) >= 11 is 0. The number of ether oxygens (including phenoxy) is 1. The maximum Gasteiger partial charge on any atom is 0.253 e. The van der Waals surface area contributed by atoms with Crippen molar-refractivity contribution in [1.29, 1.82) is 0 Å². The van der Waals surface area contributed by atoms with Gasteiger partial charge in [0.15, 0.2) is 5.65 Å². The van der Waals surface area contributed by atoms with Crippen molar-refractivity contribution in [2.45, 2.75) is 13.8 Å². The number of fused-ring (bicyclic) bond motifs is 3. The number of amides is 1. The van der Waals surface area contributed by atoms with E-state index in [-0.39, 0.29) is 11.4 Å². The minimum Gasteiger partial charge on any atom is -0.496 e. The molecule has 4 aromatic rings. The number of carbonyl (C=O) groups is 1. The maximum atomic E-state index is 12.2. The van der Waals surface area contributed by atoms with Gasteiger partial charge in [0, 0.05) is 24.2 Å². The molecule has 0 aliphatic carbocycles. The topological polar surface area (TPSA) is 114 Å². The molecule has 1 amide bonds. The van der Waals surface area contributed by atoms with Crippen LogP contribution in [-0.2, 0) is 7.05 Å². The largest absolute Gasteiger partial charge is 0.496 e. The molecule has 4 N–H and O–H groups in total. The van der Waals surface area contributed by atoms with Gasteiger partial charge in [0.25, 0.3) is 5.91 Å². The summed E-state index contributed by atoms with van der Waals surface area (Å²) in [5, 5.41) is 5.69. The Morgan fingerprint density at radius 3 is 2.59 bits per heavy atom. The van der Waals surface area contributed by atoms with Crippen LogP contribution in [0.4, 0.5) is 5.82 Å². The molecular formula is C19H20N6O2. The zero-order chi connectivity index (χ0) is 19.5. The van der Waals surface area contributed by atoms with E-state index in [9.17, 15) is 4.79 Å². The number of primary amides is 1. The average Bonchev–Trinajstić information content (AvgIpc) is 3.13. The second-order valence-corrected chi connectivity index (χ2v) is 6.54. The first-order chi connectivity index (χ1) is 12.9. The number of methoxy groups -OCH3 is 1. The van der Waals surface area contributed by atoms with Crippen LogP contribution < -0.4 is 16.2 Å². The second kappa shape index (κ2) is 5.73. The summed E-state index contributed by atoms with van der Waals surface area (Å²) in [5.41, 5.74) is 16.5. The Morgan fingerprint density at radius 1 is 1.19 bits per heavy atom. The average molecular weight is 364 g/mol. The van der Waals surface area contributed by atoms with Gasteiger partial charge in [-0.25, -0.2) is 4.98 Å². The van der Waals surface area contributed by atoms with Gasteiger partial charge in [0.05, 0.1) is 35.5 Å². The molecule has 1 aromatic carbocycles. The lowest BCUT2D eigenvalue weighted by Gasteiger charge is -2.17. The Labute approximate surface area is 155 Å². The van der Waals surface area contributed by atoms with Crippen LogP contribution in [0.25, 0.3) is 27.6 Å². The fourth-order valence-corrected chi connectivity index (χ4v) is 3.75. The van der Waals surface area contributed by atoms with Crippen LogP contribution in [0, 0.1) is 13.8 Å². The molecule has 8 heteroatoms. The number of nitrogen functional groups attached to an aromatic ring is 1. The molecule has 138 valence electrons. The standard InChI is InChI=1S/C19H20N6O2/c1-9-5-6-13(27-4)10(2)15(9)25-16-11(14(17(25)20)18(21)26)7-22-19-12(16)8-23-24(19)3/h5-8H,20H2,1-4H3,(H2,21,26). The number of nitrogens with zero attached hydrogens (tertiary/aromatic N) is 4. The fraction of sp³-hybridized carbons (Fsp3) is 0.211. The van der Waals surface area contributed by atoms with Crippen molar-refractivity contribution in [3.8, 4) is 11.4 Å². The lowest BCUT2D eigenvalue weighted by Crippen LogP contribution is -2.14. The van der Waals surface area contributed by atoms with Gasteiger partial charge in [-0.15, -0.1) is 0 Å². The van der Waals surface area contributed by atoms with E-state index in [4.69, 9.17) is 16.2 Å². The molecule has 0 atom stereocenters. The van der Waals surface area contributed by atoms with Gasteiger partial charge in [-0.2, -0.15) is 5.10 Å². The highest BCUT2D eigenvalue weighted by atomic mass is 16.5. The SMILES string of the molecule is COc1ccc(C)c(-n2c(N)c(C(N)=O)c3cnc4c(cnn4C)c32)c1C. The number of nitrogens with two attached hydrogens (primary N) is 2. The molecule has 0 bridgehead atoms. The van der Waals surface area contributed by atoms with Crippen molar-refractivity contribution < 1.29 is 9.53 Å². The molecule has 27 heavy (non-hydrogen) atoms. The summed E-state index contributed by atoms with van der Waals surface area (Å²) in [7, 11) is 3.44. The van der Waals surface area contributed by atoms with Gasteiger partial charge < -0.3 is 16.2 Å². The van der Waals surface area contributed by atoms with Gasteiger partial charge in [-0.3, -0.25) is 14.0 Å². The molecule has 0 radical (unpaired) electrons. The third-order valence-electron chi connectivity index (χ3n) is 5.00. The van der Waals surface area contributed by atoms with E-state index in [2.05, 4.69) is 10.1 Å². The number of rotatable bonds is 3. The monoisotopic (exact) mass is 364 g/mol. The third kappa shape index (κ3) is 2.19. The quantitative estimate of drug-likeness (QED) is 0.578. The van der Waals surface area contributed by atoms with Gasteiger partial charge in [-0.1, -0.05) is 6.07 Å². The Bertz CT molecular complexity index is 1230. The highest BCUT2D eigenvalue weighted by Gasteiger charge is 2.25. The van der Waals surface area contributed by atoms with Gasteiger partial charge in [0.2, 0.25) is 0 Å². The Balaban J connectivity index is 2.27. The first-order valence-electron chi connectivity index (χ1n) is 8.41. The molecule has 0 aliphatic heterocycles. The minimum absolute atomic E-state index is 0.255. The molecule has 0 saturated carbocycles. The van der Waals surface area contributed by atoms with E-state index < -0.39 is 5.91 Å². The summed E-state index contributed by atoms with van der Waals surface area (Å²) < 4.78 is 9.02. The Hall–Kier alpha value is -3.55. The number of hydrogen-bond donors (Lipinski definition) is 2. The number of hydrogen-bond acceptors (Lipinski definition) is 5. The van der Waals surface area contributed by atoms with Crippen molar-refractivity contribution in [1.82, 2.24) is 19.3 Å². The number of anilines is 1. The highest BCUT2D eigenvalue weighted by molar-refractivity contribution is 6.17. The zero-order valence-corrected chi connectivity index (χ0v) is 15.6. The predicted octanol–water partition coefficient (Wildman–Crippen LogP) is 2.22. The van der Waals surface area contributed by atoms with E-state index in [1.54, 1.807) is 24.2 Å². The number of aryl methyl sites for hydroxylation is 2. The molecule has 0 unspecified atom stereocenters. The second-order valence-electron chi connectivity index (χ2n) is 6.54. The lowest BCUT2D eigenvalue weighted by atomic mass is 10.1. The van der Waals surface area contributed by atoms with Crippen LogP contribution in [0.1, 0.15) is 21.5 Å². The lowest BCUT2D eigenvalue weighted by molar-refractivity contribution is 0.100. The van der Waals surface area contributed by atoms with Crippen molar-refractivity contribution >= 4 is 33.7 Å². The zero-order valence-electron chi connectivity index (χ0n) is 15.6. The van der Waals surface area contributed by atoms with Gasteiger partial charge in [0.1, 0.15) is 11.6 Å². The Morgan fingerprint density at radius 2 is 1.93 bits per heavy atom. The number of carbonyl (C=O) groups excluding carboxylic acids is 1. The number of aromatic nitrogens is 4. The smallest absolute Gasteiger partial charge is 0.253 e. The van der Waals surface area contributed by atoms with Crippen LogP contribution in [0.2, 0.25) is 0 Å². The van der Waals surface area contributed by atoms with E-state index in [1.165, 1.54) is 0 Å². The molecule has 4 rings (SSSR count). The Kier molecular flexibility index (Phi) is 3.59. The van der Waals surface area contributed by atoms with Crippen molar-refractivity contribution in [2.24, 2.45) is 12.8 Å². The first-order valence-corrected chi connectivity index (χ1v) is 8.41. The van der Waals surface area contributed by atoms with Crippen LogP contribution in [0.5, 0.6) is 5.75 Å².